The van der Waals surface area contributed by atoms with Crippen LogP contribution in [0.3, 0.4) is 0 Å². The highest BCUT2D eigenvalue weighted by Crippen LogP contribution is 2.35. The molecule has 1 aliphatic rings. The third kappa shape index (κ3) is 6.39. The molecule has 1 saturated heterocycles. The fraction of sp³-hybridized carbons (Fsp3) is 0.440. The number of carboxylic acids is 1. The standard InChI is InChI=1S/C25H31ClFN3O4/c1-4-16(12-24(31)32)17-5-8-22(30-9-10-34-14-23(30)15(2)3)21(11-17)29-25(33)28-20-7-6-18(26)13-19(20)27/h5-8,11,13,15-16,23H,4,9-10,12,14H2,1-3H3,(H,31,32)(H2,28,29,33)/t16-,23+/m0/s1. The van der Waals surface area contributed by atoms with Gasteiger partial charge in [-0.3, -0.25) is 4.79 Å². The molecule has 0 saturated carbocycles. The second-order valence-electron chi connectivity index (χ2n) is 8.76. The van der Waals surface area contributed by atoms with E-state index in [0.29, 0.717) is 37.8 Å². The largest absolute Gasteiger partial charge is 0.481 e. The van der Waals surface area contributed by atoms with Crippen molar-refractivity contribution >= 4 is 40.7 Å². The number of nitrogens with zero attached hydrogens (tertiary/aromatic N) is 1. The smallest absolute Gasteiger partial charge is 0.323 e. The molecule has 2 aromatic carbocycles. The summed E-state index contributed by atoms with van der Waals surface area (Å²) in [6.45, 7) is 7.94. The van der Waals surface area contributed by atoms with E-state index >= 15 is 0 Å². The van der Waals surface area contributed by atoms with Gasteiger partial charge in [0, 0.05) is 11.6 Å². The summed E-state index contributed by atoms with van der Waals surface area (Å²) in [6, 6.07) is 9.16. The molecule has 0 aromatic heterocycles. The van der Waals surface area contributed by atoms with Crippen molar-refractivity contribution in [3.05, 3.63) is 52.8 Å². The Bertz CT molecular complexity index is 1030. The Morgan fingerprint density at radius 2 is 1.94 bits per heavy atom. The lowest BCUT2D eigenvalue weighted by Gasteiger charge is -2.40. The number of carbonyl (C=O) groups excluding carboxylic acids is 1. The van der Waals surface area contributed by atoms with Gasteiger partial charge in [-0.1, -0.05) is 38.4 Å². The van der Waals surface area contributed by atoms with Gasteiger partial charge in [0.15, 0.2) is 0 Å². The van der Waals surface area contributed by atoms with Gasteiger partial charge in [-0.05, 0) is 54.2 Å². The average molecular weight is 492 g/mol. The molecule has 0 radical (unpaired) electrons. The molecule has 1 fully saturated rings. The van der Waals surface area contributed by atoms with E-state index in [4.69, 9.17) is 16.3 Å². The first-order valence-electron chi connectivity index (χ1n) is 11.4. The van der Waals surface area contributed by atoms with Crippen LogP contribution in [0.1, 0.15) is 45.1 Å². The number of carbonyl (C=O) groups is 2. The third-order valence-corrected chi connectivity index (χ3v) is 6.31. The summed E-state index contributed by atoms with van der Waals surface area (Å²) in [4.78, 5) is 26.4. The van der Waals surface area contributed by atoms with E-state index in [1.807, 2.05) is 25.1 Å². The van der Waals surface area contributed by atoms with E-state index < -0.39 is 17.8 Å². The van der Waals surface area contributed by atoms with Gasteiger partial charge in [-0.25, -0.2) is 9.18 Å². The summed E-state index contributed by atoms with van der Waals surface area (Å²) in [5.74, 6) is -1.42. The van der Waals surface area contributed by atoms with Crippen LogP contribution >= 0.6 is 11.6 Å². The molecule has 0 spiro atoms. The van der Waals surface area contributed by atoms with E-state index in [2.05, 4.69) is 29.4 Å². The third-order valence-electron chi connectivity index (χ3n) is 6.08. The SMILES string of the molecule is CC[C@@H](CC(=O)O)c1ccc(N2CCOC[C@@H]2C(C)C)c(NC(=O)Nc2ccc(Cl)cc2F)c1. The fourth-order valence-corrected chi connectivity index (χ4v) is 4.37. The van der Waals surface area contributed by atoms with Crippen LogP contribution in [0.5, 0.6) is 0 Å². The van der Waals surface area contributed by atoms with Gasteiger partial charge < -0.3 is 25.4 Å². The maximum atomic E-state index is 14.2. The van der Waals surface area contributed by atoms with Crippen LogP contribution in [0.2, 0.25) is 5.02 Å². The van der Waals surface area contributed by atoms with E-state index in [-0.39, 0.29) is 29.1 Å². The number of ether oxygens (including phenoxy) is 1. The molecule has 7 nitrogen and oxygen atoms in total. The van der Waals surface area contributed by atoms with Crippen LogP contribution in [0.15, 0.2) is 36.4 Å². The molecule has 2 amide bonds. The molecule has 1 heterocycles. The van der Waals surface area contributed by atoms with E-state index in [0.717, 1.165) is 17.3 Å². The molecule has 34 heavy (non-hydrogen) atoms. The molecule has 9 heteroatoms. The number of rotatable bonds is 8. The van der Waals surface area contributed by atoms with Crippen molar-refractivity contribution in [3.8, 4) is 0 Å². The van der Waals surface area contributed by atoms with Gasteiger partial charge in [0.25, 0.3) is 0 Å². The number of halogens is 2. The van der Waals surface area contributed by atoms with E-state index in [1.165, 1.54) is 12.1 Å². The molecule has 3 rings (SSSR count). The number of nitrogens with one attached hydrogen (secondary N) is 2. The summed E-state index contributed by atoms with van der Waals surface area (Å²) < 4.78 is 19.9. The minimum absolute atomic E-state index is 0.00310. The zero-order valence-corrected chi connectivity index (χ0v) is 20.4. The highest BCUT2D eigenvalue weighted by Gasteiger charge is 2.28. The molecule has 184 valence electrons. The van der Waals surface area contributed by atoms with Crippen LogP contribution < -0.4 is 15.5 Å². The lowest BCUT2D eigenvalue weighted by atomic mass is 9.92. The zero-order chi connectivity index (χ0) is 24.8. The van der Waals surface area contributed by atoms with Crippen LogP contribution in [0, 0.1) is 11.7 Å². The Kier molecular flexibility index (Phi) is 8.74. The Balaban J connectivity index is 1.95. The topological polar surface area (TPSA) is 90.9 Å². The summed E-state index contributed by atoms with van der Waals surface area (Å²) in [7, 11) is 0. The van der Waals surface area contributed by atoms with Gasteiger partial charge in [0.05, 0.1) is 42.7 Å². The van der Waals surface area contributed by atoms with Gasteiger partial charge in [0.1, 0.15) is 5.82 Å². The first-order chi connectivity index (χ1) is 16.2. The van der Waals surface area contributed by atoms with Crippen LogP contribution in [0.25, 0.3) is 0 Å². The minimum atomic E-state index is -0.880. The number of anilines is 3. The Morgan fingerprint density at radius 1 is 1.21 bits per heavy atom. The molecular formula is C25H31ClFN3O4. The molecule has 2 aromatic rings. The Labute approximate surface area is 204 Å². The number of carboxylic acid groups (broad SMARTS) is 1. The predicted molar refractivity (Wildman–Crippen MR) is 133 cm³/mol. The lowest BCUT2D eigenvalue weighted by Crippen LogP contribution is -2.48. The zero-order valence-electron chi connectivity index (χ0n) is 19.6. The number of hydrogen-bond donors (Lipinski definition) is 3. The van der Waals surface area contributed by atoms with Crippen LogP contribution in [-0.2, 0) is 9.53 Å². The van der Waals surface area contributed by atoms with Crippen molar-refractivity contribution in [3.63, 3.8) is 0 Å². The maximum absolute atomic E-state index is 14.2. The van der Waals surface area contributed by atoms with Gasteiger partial charge in [-0.2, -0.15) is 0 Å². The second-order valence-corrected chi connectivity index (χ2v) is 9.20. The maximum Gasteiger partial charge on any atom is 0.323 e. The number of aliphatic carboxylic acids is 1. The molecule has 1 aliphatic heterocycles. The highest BCUT2D eigenvalue weighted by molar-refractivity contribution is 6.30. The van der Waals surface area contributed by atoms with Gasteiger partial charge >= 0.3 is 12.0 Å². The summed E-state index contributed by atoms with van der Waals surface area (Å²) in [5, 5.41) is 14.9. The Morgan fingerprint density at radius 3 is 2.59 bits per heavy atom. The summed E-state index contributed by atoms with van der Waals surface area (Å²) in [5.41, 5.74) is 2.16. The summed E-state index contributed by atoms with van der Waals surface area (Å²) in [6.07, 6.45) is 0.628. The highest BCUT2D eigenvalue weighted by atomic mass is 35.5. The first kappa shape index (κ1) is 25.8. The molecule has 0 bridgehead atoms. The number of hydrogen-bond acceptors (Lipinski definition) is 4. The molecule has 2 atom stereocenters. The fourth-order valence-electron chi connectivity index (χ4n) is 4.21. The minimum Gasteiger partial charge on any atom is -0.481 e. The van der Waals surface area contributed by atoms with Crippen LogP contribution in [0.4, 0.5) is 26.2 Å². The van der Waals surface area contributed by atoms with Gasteiger partial charge in [-0.15, -0.1) is 0 Å². The quantitative estimate of drug-likeness (QED) is 0.424. The van der Waals surface area contributed by atoms with E-state index in [1.54, 1.807) is 0 Å². The van der Waals surface area contributed by atoms with Crippen molar-refractivity contribution in [1.29, 1.82) is 0 Å². The lowest BCUT2D eigenvalue weighted by molar-refractivity contribution is -0.137. The van der Waals surface area contributed by atoms with Crippen molar-refractivity contribution < 1.29 is 23.8 Å². The molecular weight excluding hydrogens is 461 g/mol. The summed E-state index contributed by atoms with van der Waals surface area (Å²) >= 11 is 5.80. The normalized spacial score (nSPS) is 16.9. The van der Waals surface area contributed by atoms with Crippen molar-refractivity contribution in [1.82, 2.24) is 0 Å². The number of benzene rings is 2. The van der Waals surface area contributed by atoms with E-state index in [9.17, 15) is 19.1 Å². The predicted octanol–water partition coefficient (Wildman–Crippen LogP) is 5.95. The van der Waals surface area contributed by atoms with Crippen molar-refractivity contribution in [2.45, 2.75) is 45.6 Å². The van der Waals surface area contributed by atoms with Crippen molar-refractivity contribution in [2.75, 3.05) is 35.3 Å². The number of urea groups is 1. The van der Waals surface area contributed by atoms with Gasteiger partial charge in [0.2, 0.25) is 0 Å². The monoisotopic (exact) mass is 491 g/mol. The molecule has 0 aliphatic carbocycles. The second kappa shape index (κ2) is 11.5. The number of morpholine rings is 1. The van der Waals surface area contributed by atoms with Crippen LogP contribution in [-0.4, -0.2) is 42.9 Å². The molecule has 0 unspecified atom stereocenters. The Hall–Kier alpha value is -2.84. The molecule has 3 N–H and O–H groups in total. The average Bonchev–Trinajstić information content (AvgIpc) is 2.79. The number of amides is 2. The van der Waals surface area contributed by atoms with Crippen molar-refractivity contribution in [2.24, 2.45) is 5.92 Å². The first-order valence-corrected chi connectivity index (χ1v) is 11.8.